The highest BCUT2D eigenvalue weighted by Crippen LogP contribution is 2.25. The summed E-state index contributed by atoms with van der Waals surface area (Å²) in [6.07, 6.45) is 0. The molecule has 0 fully saturated rings. The minimum Gasteiger partial charge on any atom is -0.399 e. The molecule has 2 rings (SSSR count). The van der Waals surface area contributed by atoms with Crippen molar-refractivity contribution in [2.45, 2.75) is 10.6 Å². The number of nitrogens with two attached hydrogens (primary N) is 1. The third-order valence-corrected chi connectivity index (χ3v) is 4.57. The summed E-state index contributed by atoms with van der Waals surface area (Å²) in [6, 6.07) is 8.85. The number of rotatable bonds is 3. The summed E-state index contributed by atoms with van der Waals surface area (Å²) in [4.78, 5) is 0.390. The second kappa shape index (κ2) is 5.90. The van der Waals surface area contributed by atoms with Crippen molar-refractivity contribution in [3.63, 3.8) is 0 Å². The van der Waals surface area contributed by atoms with E-state index in [0.717, 1.165) is 0 Å². The number of nitrogen functional groups attached to an aromatic ring is 1. The first-order valence-corrected chi connectivity index (χ1v) is 7.42. The van der Waals surface area contributed by atoms with Gasteiger partial charge in [0.1, 0.15) is 5.82 Å². The zero-order chi connectivity index (χ0) is 14.0. The van der Waals surface area contributed by atoms with E-state index < -0.39 is 16.6 Å². The predicted molar refractivity (Wildman–Crippen MR) is 77.4 cm³/mol. The zero-order valence-electron chi connectivity index (χ0n) is 9.70. The van der Waals surface area contributed by atoms with Crippen LogP contribution in [-0.2, 0) is 16.6 Å². The van der Waals surface area contributed by atoms with Crippen LogP contribution in [0.1, 0.15) is 5.56 Å². The molecule has 0 aliphatic heterocycles. The molecule has 0 saturated carbocycles. The van der Waals surface area contributed by atoms with Crippen LogP contribution in [-0.4, -0.2) is 4.21 Å². The molecule has 0 bridgehead atoms. The van der Waals surface area contributed by atoms with E-state index in [0.29, 0.717) is 20.6 Å². The Morgan fingerprint density at radius 2 is 1.89 bits per heavy atom. The van der Waals surface area contributed by atoms with Crippen LogP contribution in [0.3, 0.4) is 0 Å². The lowest BCUT2D eigenvalue weighted by Gasteiger charge is -2.07. The Morgan fingerprint density at radius 1 is 1.16 bits per heavy atom. The predicted octanol–water partition coefficient (Wildman–Crippen LogP) is 4.02. The fraction of sp³-hybridized carbons (Fsp3) is 0.0769. The molecule has 1 atom stereocenters. The Balaban J connectivity index is 2.30. The van der Waals surface area contributed by atoms with E-state index in [-0.39, 0.29) is 11.3 Å². The molecule has 1 unspecified atom stereocenters. The van der Waals surface area contributed by atoms with Gasteiger partial charge >= 0.3 is 0 Å². The van der Waals surface area contributed by atoms with Crippen LogP contribution >= 0.6 is 23.2 Å². The van der Waals surface area contributed by atoms with Gasteiger partial charge in [-0.2, -0.15) is 0 Å². The molecule has 2 aromatic rings. The summed E-state index contributed by atoms with van der Waals surface area (Å²) >= 11 is 11.8. The van der Waals surface area contributed by atoms with Gasteiger partial charge in [-0.05, 0) is 36.4 Å². The van der Waals surface area contributed by atoms with E-state index in [2.05, 4.69) is 0 Å². The summed E-state index contributed by atoms with van der Waals surface area (Å²) in [6.45, 7) is 0. The van der Waals surface area contributed by atoms with Crippen LogP contribution in [0.15, 0.2) is 41.3 Å². The maximum absolute atomic E-state index is 13.6. The summed E-state index contributed by atoms with van der Waals surface area (Å²) in [5, 5.41) is 0.738. The van der Waals surface area contributed by atoms with Crippen molar-refractivity contribution in [1.29, 1.82) is 0 Å². The second-order valence-corrected chi connectivity index (χ2v) is 6.18. The van der Waals surface area contributed by atoms with Gasteiger partial charge in [-0.3, -0.25) is 4.21 Å². The monoisotopic (exact) mass is 317 g/mol. The van der Waals surface area contributed by atoms with Crippen LogP contribution in [0.4, 0.5) is 10.1 Å². The first kappa shape index (κ1) is 14.3. The molecule has 0 aromatic heterocycles. The van der Waals surface area contributed by atoms with Gasteiger partial charge in [-0.15, -0.1) is 0 Å². The van der Waals surface area contributed by atoms with Gasteiger partial charge in [0.15, 0.2) is 0 Å². The van der Waals surface area contributed by atoms with E-state index in [1.807, 2.05) is 0 Å². The van der Waals surface area contributed by atoms with Gasteiger partial charge in [0, 0.05) is 16.3 Å². The lowest BCUT2D eigenvalue weighted by atomic mass is 10.2. The average Bonchev–Trinajstić information content (AvgIpc) is 2.36. The molecule has 2 aromatic carbocycles. The van der Waals surface area contributed by atoms with Gasteiger partial charge in [0.25, 0.3) is 0 Å². The van der Waals surface area contributed by atoms with Crippen LogP contribution < -0.4 is 5.73 Å². The van der Waals surface area contributed by atoms with E-state index in [4.69, 9.17) is 28.9 Å². The number of halogens is 3. The standard InChI is InChI=1S/C13H10Cl2FNOS/c14-9-1-4-12(16)8(5-9)7-19(18)13-6-10(17)2-3-11(13)15/h1-6H,7,17H2. The summed E-state index contributed by atoms with van der Waals surface area (Å²) < 4.78 is 25.8. The fourth-order valence-corrected chi connectivity index (χ4v) is 3.35. The van der Waals surface area contributed by atoms with Crippen LogP contribution in [0, 0.1) is 5.82 Å². The fourth-order valence-electron chi connectivity index (χ4n) is 1.57. The van der Waals surface area contributed by atoms with Crippen molar-refractivity contribution in [2.75, 3.05) is 5.73 Å². The first-order valence-electron chi connectivity index (χ1n) is 5.34. The lowest BCUT2D eigenvalue weighted by molar-refractivity contribution is 0.615. The quantitative estimate of drug-likeness (QED) is 0.869. The number of anilines is 1. The van der Waals surface area contributed by atoms with Crippen LogP contribution in [0.5, 0.6) is 0 Å². The topological polar surface area (TPSA) is 43.1 Å². The van der Waals surface area contributed by atoms with Gasteiger partial charge < -0.3 is 5.73 Å². The van der Waals surface area contributed by atoms with Crippen LogP contribution in [0.25, 0.3) is 0 Å². The Kier molecular flexibility index (Phi) is 4.45. The van der Waals surface area contributed by atoms with Crippen molar-refractivity contribution in [3.8, 4) is 0 Å². The van der Waals surface area contributed by atoms with E-state index in [9.17, 15) is 8.60 Å². The number of hydrogen-bond acceptors (Lipinski definition) is 2. The Bertz CT molecular complexity index is 649. The highest BCUT2D eigenvalue weighted by molar-refractivity contribution is 7.84. The number of benzene rings is 2. The van der Waals surface area contributed by atoms with Crippen molar-refractivity contribution < 1.29 is 8.60 Å². The van der Waals surface area contributed by atoms with Crippen LogP contribution in [0.2, 0.25) is 10.0 Å². The average molecular weight is 318 g/mol. The summed E-state index contributed by atoms with van der Waals surface area (Å²) in [7, 11) is -1.49. The minimum atomic E-state index is -1.49. The maximum Gasteiger partial charge on any atom is 0.127 e. The highest BCUT2D eigenvalue weighted by atomic mass is 35.5. The Hall–Kier alpha value is -1.10. The minimum absolute atomic E-state index is 0.00440. The molecular weight excluding hydrogens is 308 g/mol. The summed E-state index contributed by atoms with van der Waals surface area (Å²) in [5.74, 6) is -0.451. The van der Waals surface area contributed by atoms with Gasteiger partial charge in [-0.1, -0.05) is 23.2 Å². The molecule has 0 heterocycles. The normalized spacial score (nSPS) is 12.4. The maximum atomic E-state index is 13.6. The zero-order valence-corrected chi connectivity index (χ0v) is 12.0. The molecule has 0 spiro atoms. The van der Waals surface area contributed by atoms with Gasteiger partial charge in [-0.25, -0.2) is 4.39 Å². The van der Waals surface area contributed by atoms with Crippen molar-refractivity contribution in [1.82, 2.24) is 0 Å². The molecule has 0 radical (unpaired) electrons. The van der Waals surface area contributed by atoms with Crippen molar-refractivity contribution in [2.24, 2.45) is 0 Å². The largest absolute Gasteiger partial charge is 0.399 e. The summed E-state index contributed by atoms with van der Waals surface area (Å²) in [5.41, 5.74) is 6.36. The Morgan fingerprint density at radius 3 is 2.63 bits per heavy atom. The lowest BCUT2D eigenvalue weighted by Crippen LogP contribution is -2.01. The van der Waals surface area contributed by atoms with E-state index in [1.54, 1.807) is 12.1 Å². The highest BCUT2D eigenvalue weighted by Gasteiger charge is 2.13. The van der Waals surface area contributed by atoms with Gasteiger partial charge in [0.05, 0.1) is 26.5 Å². The molecule has 0 aliphatic carbocycles. The first-order chi connectivity index (χ1) is 8.97. The molecule has 100 valence electrons. The molecule has 2 nitrogen and oxygen atoms in total. The second-order valence-electron chi connectivity index (χ2n) is 3.92. The third kappa shape index (κ3) is 3.47. The molecule has 0 amide bonds. The SMILES string of the molecule is Nc1ccc(Cl)c(S(=O)Cc2cc(Cl)ccc2F)c1. The Labute approximate surface area is 122 Å². The van der Waals surface area contributed by atoms with Crippen molar-refractivity contribution in [3.05, 3.63) is 57.8 Å². The molecular formula is C13H10Cl2FNOS. The van der Waals surface area contributed by atoms with E-state index >= 15 is 0 Å². The van der Waals surface area contributed by atoms with Crippen molar-refractivity contribution >= 4 is 39.7 Å². The molecule has 0 saturated heterocycles. The third-order valence-electron chi connectivity index (χ3n) is 2.49. The van der Waals surface area contributed by atoms with E-state index in [1.165, 1.54) is 24.3 Å². The van der Waals surface area contributed by atoms with Gasteiger partial charge in [0.2, 0.25) is 0 Å². The smallest absolute Gasteiger partial charge is 0.127 e. The molecule has 0 aliphatic rings. The molecule has 19 heavy (non-hydrogen) atoms. The molecule has 2 N–H and O–H groups in total. The molecule has 6 heteroatoms. The number of hydrogen-bond donors (Lipinski definition) is 1.